The number of hydrogen-bond donors (Lipinski definition) is 1. The molecule has 0 unspecified atom stereocenters. The van der Waals surface area contributed by atoms with Crippen molar-refractivity contribution in [2.75, 3.05) is 11.9 Å². The van der Waals surface area contributed by atoms with Gasteiger partial charge in [0, 0.05) is 17.2 Å². The minimum atomic E-state index is 0.0625. The van der Waals surface area contributed by atoms with Crippen molar-refractivity contribution in [1.29, 1.82) is 0 Å². The lowest BCUT2D eigenvalue weighted by atomic mass is 10.1. The summed E-state index contributed by atoms with van der Waals surface area (Å²) < 4.78 is 0.986. The van der Waals surface area contributed by atoms with Crippen molar-refractivity contribution in [3.8, 4) is 0 Å². The summed E-state index contributed by atoms with van der Waals surface area (Å²) in [5.74, 6) is 0. The third-order valence-electron chi connectivity index (χ3n) is 3.03. The molecule has 0 aliphatic carbocycles. The summed E-state index contributed by atoms with van der Waals surface area (Å²) in [6.07, 6.45) is 0. The molecular weight excluding hydrogens is 290 g/mol. The fraction of sp³-hybridized carbons (Fsp3) is 0.200. The zero-order valence-corrected chi connectivity index (χ0v) is 12.1. The summed E-state index contributed by atoms with van der Waals surface area (Å²) in [7, 11) is 2.04. The zero-order valence-electron chi connectivity index (χ0n) is 10.5. The highest BCUT2D eigenvalue weighted by molar-refractivity contribution is 9.10. The van der Waals surface area contributed by atoms with Crippen LogP contribution < -0.4 is 4.90 Å². The number of aryl methyl sites for hydroxylation is 1. The van der Waals surface area contributed by atoms with Crippen molar-refractivity contribution >= 4 is 27.3 Å². The Morgan fingerprint density at radius 2 is 1.83 bits per heavy atom. The second kappa shape index (κ2) is 5.55. The van der Waals surface area contributed by atoms with Crippen LogP contribution in [0.4, 0.5) is 11.4 Å². The van der Waals surface area contributed by atoms with Crippen molar-refractivity contribution in [2.45, 2.75) is 13.5 Å². The molecule has 0 saturated carbocycles. The second-order valence-corrected chi connectivity index (χ2v) is 5.14. The highest BCUT2D eigenvalue weighted by atomic mass is 79.9. The highest BCUT2D eigenvalue weighted by Gasteiger charge is 2.10. The van der Waals surface area contributed by atoms with Crippen LogP contribution >= 0.6 is 15.9 Å². The summed E-state index contributed by atoms with van der Waals surface area (Å²) in [4.78, 5) is 2.14. The number of benzene rings is 2. The molecule has 2 aromatic rings. The van der Waals surface area contributed by atoms with Crippen molar-refractivity contribution in [3.63, 3.8) is 0 Å². The Bertz CT molecular complexity index is 554. The van der Waals surface area contributed by atoms with Crippen LogP contribution in [0.15, 0.2) is 46.9 Å². The molecule has 0 amide bonds. The molecule has 0 radical (unpaired) electrons. The van der Waals surface area contributed by atoms with Gasteiger partial charge in [-0.05, 0) is 52.2 Å². The van der Waals surface area contributed by atoms with Gasteiger partial charge in [0.25, 0.3) is 0 Å². The number of hydrogen-bond acceptors (Lipinski definition) is 2. The minimum Gasteiger partial charge on any atom is -0.392 e. The number of halogens is 1. The fourth-order valence-electron chi connectivity index (χ4n) is 1.99. The van der Waals surface area contributed by atoms with Crippen molar-refractivity contribution in [2.24, 2.45) is 0 Å². The van der Waals surface area contributed by atoms with E-state index in [2.05, 4.69) is 39.9 Å². The number of anilines is 2. The van der Waals surface area contributed by atoms with E-state index in [9.17, 15) is 0 Å². The van der Waals surface area contributed by atoms with Crippen LogP contribution in [0.2, 0.25) is 0 Å². The third-order valence-corrected chi connectivity index (χ3v) is 3.67. The quantitative estimate of drug-likeness (QED) is 0.926. The number of para-hydroxylation sites is 1. The SMILES string of the molecule is Cc1ccccc1N(C)c1ccc(CO)cc1Br. The van der Waals surface area contributed by atoms with Gasteiger partial charge >= 0.3 is 0 Å². The van der Waals surface area contributed by atoms with Crippen LogP contribution in [0.1, 0.15) is 11.1 Å². The lowest BCUT2D eigenvalue weighted by Gasteiger charge is -2.23. The molecule has 2 aromatic carbocycles. The average Bonchev–Trinajstić information content (AvgIpc) is 2.38. The fourth-order valence-corrected chi connectivity index (χ4v) is 2.68. The van der Waals surface area contributed by atoms with Crippen LogP contribution in [0.25, 0.3) is 0 Å². The number of nitrogens with zero attached hydrogens (tertiary/aromatic N) is 1. The van der Waals surface area contributed by atoms with Crippen LogP contribution in [-0.2, 0) is 6.61 Å². The molecule has 0 fully saturated rings. The van der Waals surface area contributed by atoms with E-state index in [1.807, 2.05) is 37.4 Å². The molecule has 0 atom stereocenters. The van der Waals surface area contributed by atoms with Crippen LogP contribution in [0.5, 0.6) is 0 Å². The van der Waals surface area contributed by atoms with Crippen LogP contribution in [0, 0.1) is 6.92 Å². The topological polar surface area (TPSA) is 23.5 Å². The van der Waals surface area contributed by atoms with E-state index in [4.69, 9.17) is 5.11 Å². The predicted molar refractivity (Wildman–Crippen MR) is 79.3 cm³/mol. The molecule has 0 bridgehead atoms. The number of aliphatic hydroxyl groups is 1. The van der Waals surface area contributed by atoms with E-state index in [1.165, 1.54) is 11.3 Å². The summed E-state index contributed by atoms with van der Waals surface area (Å²) in [6, 6.07) is 14.2. The summed E-state index contributed by atoms with van der Waals surface area (Å²) in [5.41, 5.74) is 4.40. The van der Waals surface area contributed by atoms with E-state index >= 15 is 0 Å². The van der Waals surface area contributed by atoms with Crippen molar-refractivity contribution in [3.05, 3.63) is 58.1 Å². The molecule has 0 heterocycles. The first kappa shape index (κ1) is 13.1. The van der Waals surface area contributed by atoms with Gasteiger partial charge in [-0.3, -0.25) is 0 Å². The lowest BCUT2D eigenvalue weighted by molar-refractivity contribution is 0.282. The Labute approximate surface area is 116 Å². The van der Waals surface area contributed by atoms with E-state index in [1.54, 1.807) is 0 Å². The van der Waals surface area contributed by atoms with Crippen LogP contribution in [-0.4, -0.2) is 12.2 Å². The second-order valence-electron chi connectivity index (χ2n) is 4.29. The van der Waals surface area contributed by atoms with E-state index in [-0.39, 0.29) is 6.61 Å². The molecule has 0 aliphatic heterocycles. The summed E-state index contributed by atoms with van der Waals surface area (Å²) in [6.45, 7) is 2.16. The Morgan fingerprint density at radius 3 is 2.44 bits per heavy atom. The third kappa shape index (κ3) is 2.57. The maximum Gasteiger partial charge on any atom is 0.0682 e. The van der Waals surface area contributed by atoms with Gasteiger partial charge < -0.3 is 10.0 Å². The van der Waals surface area contributed by atoms with Gasteiger partial charge in [-0.25, -0.2) is 0 Å². The van der Waals surface area contributed by atoms with E-state index in [0.717, 1.165) is 15.7 Å². The molecular formula is C15H16BrNO. The molecule has 0 spiro atoms. The van der Waals surface area contributed by atoms with Gasteiger partial charge in [0.1, 0.15) is 0 Å². The first-order chi connectivity index (χ1) is 8.63. The first-order valence-corrected chi connectivity index (χ1v) is 6.61. The van der Waals surface area contributed by atoms with Gasteiger partial charge in [-0.1, -0.05) is 24.3 Å². The number of rotatable bonds is 3. The lowest BCUT2D eigenvalue weighted by Crippen LogP contribution is -2.11. The van der Waals surface area contributed by atoms with Gasteiger partial charge in [-0.15, -0.1) is 0 Å². The molecule has 18 heavy (non-hydrogen) atoms. The molecule has 94 valence electrons. The molecule has 3 heteroatoms. The molecule has 2 nitrogen and oxygen atoms in total. The first-order valence-electron chi connectivity index (χ1n) is 5.82. The molecule has 0 aliphatic rings. The monoisotopic (exact) mass is 305 g/mol. The standard InChI is InChI=1S/C15H16BrNO/c1-11-5-3-4-6-14(11)17(2)15-8-7-12(10-18)9-13(15)16/h3-9,18H,10H2,1-2H3. The van der Waals surface area contributed by atoms with Gasteiger partial charge in [-0.2, -0.15) is 0 Å². The van der Waals surface area contributed by atoms with Gasteiger partial charge in [0.2, 0.25) is 0 Å². The average molecular weight is 306 g/mol. The Morgan fingerprint density at radius 1 is 1.11 bits per heavy atom. The minimum absolute atomic E-state index is 0.0625. The van der Waals surface area contributed by atoms with Gasteiger partial charge in [0.15, 0.2) is 0 Å². The Hall–Kier alpha value is -1.32. The Balaban J connectivity index is 2.40. The Kier molecular flexibility index (Phi) is 4.04. The largest absolute Gasteiger partial charge is 0.392 e. The molecule has 1 N–H and O–H groups in total. The van der Waals surface area contributed by atoms with Gasteiger partial charge in [0.05, 0.1) is 12.3 Å². The molecule has 2 rings (SSSR count). The maximum atomic E-state index is 9.12. The smallest absolute Gasteiger partial charge is 0.0682 e. The normalized spacial score (nSPS) is 10.4. The summed E-state index contributed by atoms with van der Waals surface area (Å²) >= 11 is 3.56. The maximum absolute atomic E-state index is 9.12. The molecule has 0 aromatic heterocycles. The number of aliphatic hydroxyl groups excluding tert-OH is 1. The van der Waals surface area contributed by atoms with E-state index in [0.29, 0.717) is 0 Å². The summed E-state index contributed by atoms with van der Waals surface area (Å²) in [5, 5.41) is 9.12. The van der Waals surface area contributed by atoms with E-state index < -0.39 is 0 Å². The van der Waals surface area contributed by atoms with Crippen molar-refractivity contribution < 1.29 is 5.11 Å². The zero-order chi connectivity index (χ0) is 13.1. The van der Waals surface area contributed by atoms with Crippen LogP contribution in [0.3, 0.4) is 0 Å². The molecule has 0 saturated heterocycles. The van der Waals surface area contributed by atoms with Crippen molar-refractivity contribution in [1.82, 2.24) is 0 Å². The highest BCUT2D eigenvalue weighted by Crippen LogP contribution is 2.33. The predicted octanol–water partition coefficient (Wildman–Crippen LogP) is 4.02.